The molecule has 31 heavy (non-hydrogen) atoms. The van der Waals surface area contributed by atoms with E-state index in [1.165, 1.54) is 44.9 Å². The van der Waals surface area contributed by atoms with Crippen LogP contribution in [0.5, 0.6) is 0 Å². The van der Waals surface area contributed by atoms with Gasteiger partial charge in [-0.25, -0.2) is 0 Å². The van der Waals surface area contributed by atoms with Crippen molar-refractivity contribution < 1.29 is 5.11 Å². The molecule has 0 saturated heterocycles. The van der Waals surface area contributed by atoms with E-state index in [0.717, 1.165) is 24.2 Å². The Morgan fingerprint density at radius 1 is 0.871 bits per heavy atom. The molecule has 5 aliphatic rings. The van der Waals surface area contributed by atoms with E-state index in [9.17, 15) is 5.11 Å². The number of aliphatic hydroxyl groups is 1. The molecule has 0 aromatic carbocycles. The summed E-state index contributed by atoms with van der Waals surface area (Å²) in [6, 6.07) is 0. The molecule has 0 unspecified atom stereocenters. The van der Waals surface area contributed by atoms with E-state index in [2.05, 4.69) is 67.5 Å². The van der Waals surface area contributed by atoms with Crippen LogP contribution in [0, 0.1) is 50.7 Å². The van der Waals surface area contributed by atoms with E-state index in [1.807, 2.05) is 0 Å². The van der Waals surface area contributed by atoms with Gasteiger partial charge in [-0.15, -0.1) is 0 Å². The molecule has 5 aliphatic carbocycles. The molecular weight excluding hydrogens is 376 g/mol. The van der Waals surface area contributed by atoms with E-state index in [-0.39, 0.29) is 11.5 Å². The van der Waals surface area contributed by atoms with E-state index < -0.39 is 0 Å². The fourth-order valence-corrected chi connectivity index (χ4v) is 10.3. The van der Waals surface area contributed by atoms with Crippen molar-refractivity contribution in [2.75, 3.05) is 0 Å². The molecule has 0 aliphatic heterocycles. The first-order chi connectivity index (χ1) is 14.3. The lowest BCUT2D eigenvalue weighted by Crippen LogP contribution is -2.65. The van der Waals surface area contributed by atoms with Gasteiger partial charge in [-0.05, 0) is 115 Å². The zero-order valence-corrected chi connectivity index (χ0v) is 21.6. The Labute approximate surface area is 192 Å². The minimum absolute atomic E-state index is 0.0974. The Hall–Kier alpha value is -0.560. The fourth-order valence-electron chi connectivity index (χ4n) is 10.3. The number of allylic oxidation sites excluding steroid dienone is 4. The minimum atomic E-state index is -0.0974. The Morgan fingerprint density at radius 3 is 2.29 bits per heavy atom. The normalized spacial score (nSPS) is 55.7. The molecule has 0 heterocycles. The zero-order chi connectivity index (χ0) is 22.6. The molecule has 0 aromatic heterocycles. The lowest BCUT2D eigenvalue weighted by Gasteiger charge is -2.72. The number of hydrogen-bond donors (Lipinski definition) is 1. The fraction of sp³-hybridized carbons (Fsp3) is 0.867. The number of hydrogen-bond acceptors (Lipinski definition) is 1. The van der Waals surface area contributed by atoms with Gasteiger partial charge in [0, 0.05) is 0 Å². The van der Waals surface area contributed by atoms with Crippen LogP contribution in [0.2, 0.25) is 0 Å². The molecule has 0 spiro atoms. The van der Waals surface area contributed by atoms with Crippen LogP contribution in [0.25, 0.3) is 0 Å². The molecule has 5 rings (SSSR count). The SMILES string of the molecule is CC1=C[C@@]2(C)[C@H]3CC[C@@]4(C)[C@@H](CC[C@H](O)[C@@H]4C)[C@]3(C)CC[C@@]2(C)[C@@H]2CC(C)(C)CC=C12. The number of fused-ring (bicyclic) bond motifs is 7. The maximum absolute atomic E-state index is 10.7. The van der Waals surface area contributed by atoms with Crippen molar-refractivity contribution >= 4 is 0 Å². The molecule has 9 atom stereocenters. The Balaban J connectivity index is 1.60. The van der Waals surface area contributed by atoms with E-state index in [0.29, 0.717) is 27.6 Å². The van der Waals surface area contributed by atoms with E-state index in [1.54, 1.807) is 11.1 Å². The second-order valence-electron chi connectivity index (χ2n) is 14.4. The van der Waals surface area contributed by atoms with Crippen molar-refractivity contribution in [1.82, 2.24) is 0 Å². The van der Waals surface area contributed by atoms with Crippen LogP contribution in [0.15, 0.2) is 23.3 Å². The third-order valence-corrected chi connectivity index (χ3v) is 12.6. The van der Waals surface area contributed by atoms with Crippen molar-refractivity contribution in [3.05, 3.63) is 23.3 Å². The molecule has 0 amide bonds. The third kappa shape index (κ3) is 2.71. The predicted molar refractivity (Wildman–Crippen MR) is 131 cm³/mol. The highest BCUT2D eigenvalue weighted by molar-refractivity contribution is 5.43. The summed E-state index contributed by atoms with van der Waals surface area (Å²) in [7, 11) is 0. The van der Waals surface area contributed by atoms with Gasteiger partial charge in [0.1, 0.15) is 0 Å². The summed E-state index contributed by atoms with van der Waals surface area (Å²) in [5.74, 6) is 2.67. The van der Waals surface area contributed by atoms with Crippen molar-refractivity contribution in [3.8, 4) is 0 Å². The monoisotopic (exact) mass is 424 g/mol. The van der Waals surface area contributed by atoms with Crippen molar-refractivity contribution in [2.24, 2.45) is 50.7 Å². The largest absolute Gasteiger partial charge is 0.393 e. The lowest BCUT2D eigenvalue weighted by atomic mass is 9.33. The van der Waals surface area contributed by atoms with Gasteiger partial charge in [0.05, 0.1) is 6.10 Å². The standard InChI is InChI=1S/C30H48O/c1-19-17-30(8)25-12-14-27(5)20(2)23(31)9-10-24(27)28(25,6)15-16-29(30,7)22-18-26(3,4)13-11-21(19)22/h11,17,20,22-25,31H,9-10,12-16,18H2,1-8H3/t20-,22+,23-,24+,25-,27+,28-,29-,30-/m0/s1. The van der Waals surface area contributed by atoms with Crippen LogP contribution in [0.1, 0.15) is 107 Å². The van der Waals surface area contributed by atoms with E-state index in [4.69, 9.17) is 0 Å². The lowest BCUT2D eigenvalue weighted by molar-refractivity contribution is -0.214. The highest BCUT2D eigenvalue weighted by atomic mass is 16.3. The summed E-state index contributed by atoms with van der Waals surface area (Å²) in [6.07, 6.45) is 15.5. The maximum Gasteiger partial charge on any atom is 0.0571 e. The van der Waals surface area contributed by atoms with Gasteiger partial charge < -0.3 is 5.11 Å². The molecule has 0 aromatic rings. The molecule has 3 fully saturated rings. The molecule has 1 N–H and O–H groups in total. The molecule has 0 radical (unpaired) electrons. The first-order valence-corrected chi connectivity index (χ1v) is 13.4. The zero-order valence-electron chi connectivity index (χ0n) is 21.6. The molecular formula is C30H48O. The quantitative estimate of drug-likeness (QED) is 0.418. The van der Waals surface area contributed by atoms with E-state index >= 15 is 0 Å². The van der Waals surface area contributed by atoms with Crippen molar-refractivity contribution in [3.63, 3.8) is 0 Å². The first kappa shape index (κ1) is 22.2. The average Bonchev–Trinajstić information content (AvgIpc) is 2.67. The van der Waals surface area contributed by atoms with Crippen molar-refractivity contribution in [2.45, 2.75) is 113 Å². The Morgan fingerprint density at radius 2 is 1.58 bits per heavy atom. The number of aliphatic hydroxyl groups excluding tert-OH is 1. The highest BCUT2D eigenvalue weighted by Gasteiger charge is 2.68. The minimum Gasteiger partial charge on any atom is -0.393 e. The van der Waals surface area contributed by atoms with Crippen LogP contribution in [0.3, 0.4) is 0 Å². The van der Waals surface area contributed by atoms with Gasteiger partial charge in [-0.2, -0.15) is 0 Å². The molecule has 174 valence electrons. The summed E-state index contributed by atoms with van der Waals surface area (Å²) < 4.78 is 0. The van der Waals surface area contributed by atoms with Gasteiger partial charge in [0.2, 0.25) is 0 Å². The Bertz CT molecular complexity index is 833. The van der Waals surface area contributed by atoms with Gasteiger partial charge in [0.25, 0.3) is 0 Å². The molecule has 0 bridgehead atoms. The predicted octanol–water partition coefficient (Wildman–Crippen LogP) is 7.94. The van der Waals surface area contributed by atoms with Gasteiger partial charge in [-0.1, -0.05) is 66.2 Å². The number of rotatable bonds is 0. The van der Waals surface area contributed by atoms with Crippen LogP contribution in [-0.2, 0) is 0 Å². The summed E-state index contributed by atoms with van der Waals surface area (Å²) >= 11 is 0. The second kappa shape index (κ2) is 6.52. The van der Waals surface area contributed by atoms with Crippen molar-refractivity contribution in [1.29, 1.82) is 0 Å². The average molecular weight is 425 g/mol. The van der Waals surface area contributed by atoms with Crippen LogP contribution >= 0.6 is 0 Å². The topological polar surface area (TPSA) is 20.2 Å². The summed E-state index contributed by atoms with van der Waals surface area (Å²) in [5, 5.41) is 10.7. The summed E-state index contributed by atoms with van der Waals surface area (Å²) in [4.78, 5) is 0. The van der Waals surface area contributed by atoms with Crippen LogP contribution in [-0.4, -0.2) is 11.2 Å². The smallest absolute Gasteiger partial charge is 0.0571 e. The van der Waals surface area contributed by atoms with Gasteiger partial charge in [-0.3, -0.25) is 0 Å². The highest BCUT2D eigenvalue weighted by Crippen LogP contribution is 2.75. The van der Waals surface area contributed by atoms with Gasteiger partial charge in [0.15, 0.2) is 0 Å². The third-order valence-electron chi connectivity index (χ3n) is 12.6. The second-order valence-corrected chi connectivity index (χ2v) is 14.4. The van der Waals surface area contributed by atoms with Crippen LogP contribution < -0.4 is 0 Å². The summed E-state index contributed by atoms with van der Waals surface area (Å²) in [5.41, 5.74) is 5.06. The summed E-state index contributed by atoms with van der Waals surface area (Å²) in [6.45, 7) is 20.3. The van der Waals surface area contributed by atoms with Crippen LogP contribution in [0.4, 0.5) is 0 Å². The Kier molecular flexibility index (Phi) is 4.68. The molecule has 1 nitrogen and oxygen atoms in total. The first-order valence-electron chi connectivity index (χ1n) is 13.4. The maximum atomic E-state index is 10.7. The molecule has 1 heteroatoms. The molecule has 3 saturated carbocycles. The van der Waals surface area contributed by atoms with Gasteiger partial charge >= 0.3 is 0 Å².